The number of hydrogen-bond donors (Lipinski definition) is 0. The van der Waals surface area contributed by atoms with Crippen LogP contribution in [0.4, 0.5) is 13.2 Å². The predicted molar refractivity (Wildman–Crippen MR) is 84.6 cm³/mol. The van der Waals surface area contributed by atoms with Crippen LogP contribution in [0.2, 0.25) is 0 Å². The van der Waals surface area contributed by atoms with E-state index in [1.807, 2.05) is 0 Å². The third kappa shape index (κ3) is 4.89. The molecule has 0 heterocycles. The van der Waals surface area contributed by atoms with Gasteiger partial charge in [0.05, 0.1) is 12.0 Å². The van der Waals surface area contributed by atoms with E-state index in [2.05, 4.69) is 0 Å². The lowest BCUT2D eigenvalue weighted by molar-refractivity contribution is 0.104. The molecule has 0 aromatic heterocycles. The SMILES string of the molecule is COc1cc(C(=O)C=Cc2ccc(F)cc2)ccc1SC(F)F. The summed E-state index contributed by atoms with van der Waals surface area (Å²) in [5.74, 6) is -3.01. The fraction of sp³-hybridized carbons (Fsp3) is 0.118. The Morgan fingerprint density at radius 3 is 2.48 bits per heavy atom. The summed E-state index contributed by atoms with van der Waals surface area (Å²) < 4.78 is 42.7. The van der Waals surface area contributed by atoms with Crippen molar-refractivity contribution in [2.24, 2.45) is 0 Å². The minimum atomic E-state index is -2.57. The molecule has 0 fully saturated rings. The van der Waals surface area contributed by atoms with Crippen LogP contribution in [0.1, 0.15) is 15.9 Å². The summed E-state index contributed by atoms with van der Waals surface area (Å²) in [6.45, 7) is 0. The van der Waals surface area contributed by atoms with Crippen molar-refractivity contribution in [3.8, 4) is 5.75 Å². The van der Waals surface area contributed by atoms with Crippen molar-refractivity contribution >= 4 is 23.6 Å². The van der Waals surface area contributed by atoms with E-state index in [0.717, 1.165) is 0 Å². The molecule has 0 amide bonds. The number of ketones is 1. The summed E-state index contributed by atoms with van der Waals surface area (Å²) in [7, 11) is 1.35. The first-order valence-electron chi connectivity index (χ1n) is 6.60. The Morgan fingerprint density at radius 1 is 1.17 bits per heavy atom. The first-order chi connectivity index (χ1) is 11.0. The lowest BCUT2D eigenvalue weighted by atomic mass is 10.1. The van der Waals surface area contributed by atoms with E-state index in [1.165, 1.54) is 43.5 Å². The van der Waals surface area contributed by atoms with E-state index in [1.54, 1.807) is 18.2 Å². The topological polar surface area (TPSA) is 26.3 Å². The van der Waals surface area contributed by atoms with Crippen LogP contribution in [0.5, 0.6) is 5.75 Å². The van der Waals surface area contributed by atoms with Crippen LogP contribution >= 0.6 is 11.8 Å². The van der Waals surface area contributed by atoms with Gasteiger partial charge in [-0.2, -0.15) is 8.78 Å². The lowest BCUT2D eigenvalue weighted by Gasteiger charge is -2.08. The van der Waals surface area contributed by atoms with Gasteiger partial charge in [0.25, 0.3) is 5.76 Å². The largest absolute Gasteiger partial charge is 0.496 e. The molecule has 0 aliphatic rings. The van der Waals surface area contributed by atoms with Crippen molar-refractivity contribution in [1.82, 2.24) is 0 Å². The van der Waals surface area contributed by atoms with Crippen LogP contribution in [0.3, 0.4) is 0 Å². The van der Waals surface area contributed by atoms with Gasteiger partial charge < -0.3 is 4.74 Å². The summed E-state index contributed by atoms with van der Waals surface area (Å²) in [4.78, 5) is 12.4. The molecule has 0 saturated heterocycles. The maximum atomic E-state index is 12.8. The summed E-state index contributed by atoms with van der Waals surface area (Å²) in [6.07, 6.45) is 2.89. The maximum absolute atomic E-state index is 12.8. The fourth-order valence-electron chi connectivity index (χ4n) is 1.86. The zero-order valence-corrected chi connectivity index (χ0v) is 12.9. The molecule has 2 nitrogen and oxygen atoms in total. The zero-order valence-electron chi connectivity index (χ0n) is 12.1. The summed E-state index contributed by atoms with van der Waals surface area (Å²) >= 11 is 0.358. The maximum Gasteiger partial charge on any atom is 0.289 e. The van der Waals surface area contributed by atoms with Gasteiger partial charge in [0, 0.05) is 5.56 Å². The average molecular weight is 338 g/mol. The van der Waals surface area contributed by atoms with Gasteiger partial charge in [0.15, 0.2) is 5.78 Å². The molecule has 2 aromatic rings. The van der Waals surface area contributed by atoms with E-state index in [0.29, 0.717) is 22.9 Å². The van der Waals surface area contributed by atoms with Crippen molar-refractivity contribution in [3.05, 3.63) is 65.5 Å². The molecule has 0 atom stereocenters. The van der Waals surface area contributed by atoms with Crippen LogP contribution in [0.15, 0.2) is 53.4 Å². The average Bonchev–Trinajstić information content (AvgIpc) is 2.54. The molecule has 0 aliphatic carbocycles. The highest BCUT2D eigenvalue weighted by Crippen LogP contribution is 2.34. The molecule has 2 aromatic carbocycles. The Bertz CT molecular complexity index is 712. The normalized spacial score (nSPS) is 11.2. The monoisotopic (exact) mass is 338 g/mol. The van der Waals surface area contributed by atoms with Crippen molar-refractivity contribution < 1.29 is 22.7 Å². The van der Waals surface area contributed by atoms with Crippen LogP contribution in [-0.2, 0) is 0 Å². The van der Waals surface area contributed by atoms with Gasteiger partial charge in [-0.1, -0.05) is 30.0 Å². The van der Waals surface area contributed by atoms with Crippen LogP contribution in [0.25, 0.3) is 6.08 Å². The van der Waals surface area contributed by atoms with Gasteiger partial charge in [0.1, 0.15) is 11.6 Å². The van der Waals surface area contributed by atoms with Crippen molar-refractivity contribution in [1.29, 1.82) is 0 Å². The summed E-state index contributed by atoms with van der Waals surface area (Å²) in [6, 6.07) is 9.98. The fourth-order valence-corrected chi connectivity index (χ4v) is 2.45. The number of methoxy groups -OCH3 is 1. The molecule has 0 N–H and O–H groups in total. The second-order valence-corrected chi connectivity index (χ2v) is 5.53. The molecule has 0 aliphatic heterocycles. The molecule has 6 heteroatoms. The molecule has 0 bridgehead atoms. The van der Waals surface area contributed by atoms with Gasteiger partial charge in [-0.3, -0.25) is 4.79 Å². The van der Waals surface area contributed by atoms with Crippen molar-refractivity contribution in [3.63, 3.8) is 0 Å². The molecule has 120 valence electrons. The van der Waals surface area contributed by atoms with Gasteiger partial charge in [-0.25, -0.2) is 4.39 Å². The molecular weight excluding hydrogens is 325 g/mol. The van der Waals surface area contributed by atoms with Crippen molar-refractivity contribution in [2.45, 2.75) is 10.7 Å². The molecule has 0 saturated carbocycles. The highest BCUT2D eigenvalue weighted by Gasteiger charge is 2.13. The molecule has 23 heavy (non-hydrogen) atoms. The number of carbonyl (C=O) groups excluding carboxylic acids is 1. The standard InChI is InChI=1S/C17H13F3O2S/c1-22-15-10-12(5-9-16(15)23-17(19)20)14(21)8-4-11-2-6-13(18)7-3-11/h2-10,17H,1H3. The number of thioether (sulfide) groups is 1. The number of carbonyl (C=O) groups is 1. The summed E-state index contributed by atoms with van der Waals surface area (Å²) in [5.41, 5.74) is 0.996. The predicted octanol–water partition coefficient (Wildman–Crippen LogP) is 5.05. The lowest BCUT2D eigenvalue weighted by Crippen LogP contribution is -1.97. The van der Waals surface area contributed by atoms with Gasteiger partial charge in [-0.15, -0.1) is 0 Å². The number of halogens is 3. The quantitative estimate of drug-likeness (QED) is 0.419. The first-order valence-corrected chi connectivity index (χ1v) is 7.48. The number of allylic oxidation sites excluding steroid dienone is 1. The number of alkyl halides is 2. The molecule has 0 unspecified atom stereocenters. The highest BCUT2D eigenvalue weighted by molar-refractivity contribution is 7.99. The second kappa shape index (κ2) is 7.87. The molecule has 0 spiro atoms. The zero-order chi connectivity index (χ0) is 16.8. The minimum absolute atomic E-state index is 0.219. The van der Waals surface area contributed by atoms with Gasteiger partial charge in [-0.05, 0) is 42.0 Å². The number of rotatable bonds is 6. The molecular formula is C17H13F3O2S. The third-order valence-electron chi connectivity index (χ3n) is 2.96. The van der Waals surface area contributed by atoms with E-state index < -0.39 is 5.76 Å². The molecule has 0 radical (unpaired) electrons. The highest BCUT2D eigenvalue weighted by atomic mass is 32.2. The smallest absolute Gasteiger partial charge is 0.289 e. The molecule has 2 rings (SSSR count). The van der Waals surface area contributed by atoms with E-state index >= 15 is 0 Å². The van der Waals surface area contributed by atoms with E-state index in [-0.39, 0.29) is 22.2 Å². The summed E-state index contributed by atoms with van der Waals surface area (Å²) in [5, 5.41) is 0. The van der Waals surface area contributed by atoms with Crippen LogP contribution in [0, 0.1) is 5.82 Å². The first kappa shape index (κ1) is 17.1. The minimum Gasteiger partial charge on any atom is -0.496 e. The Balaban J connectivity index is 2.17. The Labute approximate surface area is 136 Å². The van der Waals surface area contributed by atoms with Crippen molar-refractivity contribution in [2.75, 3.05) is 7.11 Å². The Hall–Kier alpha value is -2.21. The van der Waals surface area contributed by atoms with E-state index in [9.17, 15) is 18.0 Å². The van der Waals surface area contributed by atoms with Crippen LogP contribution in [-0.4, -0.2) is 18.7 Å². The van der Waals surface area contributed by atoms with Gasteiger partial charge >= 0.3 is 0 Å². The Kier molecular flexibility index (Phi) is 5.87. The van der Waals surface area contributed by atoms with Gasteiger partial charge in [0.2, 0.25) is 0 Å². The third-order valence-corrected chi connectivity index (χ3v) is 3.73. The number of hydrogen-bond acceptors (Lipinski definition) is 3. The Morgan fingerprint density at radius 2 is 1.87 bits per heavy atom. The number of benzene rings is 2. The van der Waals surface area contributed by atoms with E-state index in [4.69, 9.17) is 4.74 Å². The van der Waals surface area contributed by atoms with Crippen LogP contribution < -0.4 is 4.74 Å². The second-order valence-electron chi connectivity index (χ2n) is 4.49. The number of ether oxygens (including phenoxy) is 1.